The van der Waals surface area contributed by atoms with Crippen molar-refractivity contribution < 1.29 is 33.7 Å². The maximum Gasteiger partial charge on any atom is 0.280 e. The van der Waals surface area contributed by atoms with Crippen molar-refractivity contribution in [1.82, 2.24) is 15.1 Å². The third-order valence-corrected chi connectivity index (χ3v) is 7.05. The molecular weight excluding hydrogens is 482 g/mol. The summed E-state index contributed by atoms with van der Waals surface area (Å²) in [6, 6.07) is 9.51. The minimum Gasteiger partial charge on any atom is -0.380 e. The van der Waals surface area contributed by atoms with Gasteiger partial charge >= 0.3 is 0 Å². The molecule has 192 valence electrons. The van der Waals surface area contributed by atoms with E-state index >= 15 is 4.39 Å². The first kappa shape index (κ1) is 25.3. The summed E-state index contributed by atoms with van der Waals surface area (Å²) in [5, 5.41) is 27.3. The Morgan fingerprint density at radius 2 is 1.78 bits per heavy atom. The number of carbonyl (C=O) groups excluding carboxylic acids is 3. The van der Waals surface area contributed by atoms with E-state index in [9.17, 15) is 24.6 Å². The van der Waals surface area contributed by atoms with Gasteiger partial charge < -0.3 is 20.3 Å². The van der Waals surface area contributed by atoms with Crippen LogP contribution in [0.15, 0.2) is 36.4 Å². The fourth-order valence-electron chi connectivity index (χ4n) is 5.08. The molecule has 3 aliphatic heterocycles. The van der Waals surface area contributed by atoms with E-state index in [1.807, 2.05) is 5.32 Å². The molecule has 2 fully saturated rings. The van der Waals surface area contributed by atoms with E-state index in [4.69, 9.17) is 12.6 Å². The molecule has 0 bridgehead atoms. The molecule has 1 unspecified atom stereocenters. The van der Waals surface area contributed by atoms with Crippen LogP contribution < -0.4 is 10.6 Å². The highest BCUT2D eigenvalue weighted by Gasteiger charge is 2.59. The Balaban J connectivity index is 1.40. The first-order valence-corrected chi connectivity index (χ1v) is 12.0. The molecule has 4 N–H and O–H groups in total. The third-order valence-electron chi connectivity index (χ3n) is 7.05. The largest absolute Gasteiger partial charge is 0.380 e. The van der Waals surface area contributed by atoms with Crippen molar-refractivity contribution in [2.45, 2.75) is 37.3 Å². The van der Waals surface area contributed by atoms with Gasteiger partial charge in [0.05, 0.1) is 29.8 Å². The summed E-state index contributed by atoms with van der Waals surface area (Å²) < 4.78 is 20.6. The first-order valence-electron chi connectivity index (χ1n) is 12.0. The van der Waals surface area contributed by atoms with Crippen LogP contribution in [0, 0.1) is 5.82 Å². The van der Waals surface area contributed by atoms with Crippen LogP contribution in [0.4, 0.5) is 10.1 Å². The Bertz CT molecular complexity index is 1270. The van der Waals surface area contributed by atoms with Gasteiger partial charge in [-0.1, -0.05) is 24.3 Å². The van der Waals surface area contributed by atoms with Crippen LogP contribution in [-0.4, -0.2) is 77.3 Å². The predicted molar refractivity (Wildman–Crippen MR) is 129 cm³/mol. The number of morpholine rings is 1. The van der Waals surface area contributed by atoms with Crippen LogP contribution in [0.25, 0.3) is 0 Å². The molecule has 10 nitrogen and oxygen atoms in total. The standard InChI is InChI=1S/C25H26BFN4O6/c26-24(8-7-19(32)29-23(24)34)31-22(33)17-5-2-6-18(20(17)25(31,35)36)28-13-15-3-1-4-16(21(15)27)14-30-9-11-37-12-10-30/h1-6,28,35-36H,7-14H2,(H,29,32,34). The smallest absolute Gasteiger partial charge is 0.280 e. The summed E-state index contributed by atoms with van der Waals surface area (Å²) in [7, 11) is 6.18. The molecule has 3 heterocycles. The van der Waals surface area contributed by atoms with Gasteiger partial charge in [-0.2, -0.15) is 0 Å². The molecule has 3 aliphatic rings. The molecule has 2 aromatic rings. The number of hydrogen-bond acceptors (Lipinski definition) is 8. The topological polar surface area (TPSA) is 131 Å². The number of nitrogens with one attached hydrogen (secondary N) is 2. The van der Waals surface area contributed by atoms with Gasteiger partial charge in [-0.25, -0.2) is 4.39 Å². The molecule has 12 heteroatoms. The van der Waals surface area contributed by atoms with Crippen molar-refractivity contribution in [3.8, 4) is 0 Å². The zero-order chi connectivity index (χ0) is 26.4. The number of anilines is 1. The number of imide groups is 1. The molecule has 0 spiro atoms. The van der Waals surface area contributed by atoms with Gasteiger partial charge in [-0.05, 0) is 18.6 Å². The van der Waals surface area contributed by atoms with Crippen LogP contribution in [0.3, 0.4) is 0 Å². The normalized spacial score (nSPS) is 23.6. The van der Waals surface area contributed by atoms with Crippen molar-refractivity contribution in [1.29, 1.82) is 0 Å². The lowest BCUT2D eigenvalue weighted by molar-refractivity contribution is -0.264. The summed E-state index contributed by atoms with van der Waals surface area (Å²) >= 11 is 0. The number of ether oxygens (including phenoxy) is 1. The van der Waals surface area contributed by atoms with E-state index < -0.39 is 29.1 Å². The number of hydrogen-bond donors (Lipinski definition) is 4. The second-order valence-corrected chi connectivity index (χ2v) is 9.44. The van der Waals surface area contributed by atoms with Crippen molar-refractivity contribution in [2.75, 3.05) is 31.6 Å². The second kappa shape index (κ2) is 9.53. The van der Waals surface area contributed by atoms with Crippen LogP contribution in [0.5, 0.6) is 0 Å². The van der Waals surface area contributed by atoms with E-state index in [1.54, 1.807) is 18.2 Å². The summed E-state index contributed by atoms with van der Waals surface area (Å²) in [5.41, 5.74) is -1.41. The second-order valence-electron chi connectivity index (χ2n) is 9.44. The van der Waals surface area contributed by atoms with Gasteiger partial charge in [0, 0.05) is 49.4 Å². The number of aliphatic hydroxyl groups is 2. The molecule has 2 saturated heterocycles. The summed E-state index contributed by atoms with van der Waals surface area (Å²) in [4.78, 5) is 40.0. The van der Waals surface area contributed by atoms with Gasteiger partial charge in [0.1, 0.15) is 13.7 Å². The highest BCUT2D eigenvalue weighted by molar-refractivity contribution is 6.32. The Kier molecular flexibility index (Phi) is 6.53. The Labute approximate surface area is 213 Å². The highest BCUT2D eigenvalue weighted by Crippen LogP contribution is 2.45. The van der Waals surface area contributed by atoms with Gasteiger partial charge in [-0.15, -0.1) is 0 Å². The zero-order valence-electron chi connectivity index (χ0n) is 20.0. The van der Waals surface area contributed by atoms with Gasteiger partial charge in [0.15, 0.2) is 0 Å². The number of fused-ring (bicyclic) bond motifs is 1. The van der Waals surface area contributed by atoms with Crippen molar-refractivity contribution in [2.24, 2.45) is 0 Å². The monoisotopic (exact) mass is 508 g/mol. The molecule has 5 rings (SSSR count). The number of rotatable bonds is 6. The van der Waals surface area contributed by atoms with Crippen molar-refractivity contribution >= 4 is 31.3 Å². The molecule has 1 atom stereocenters. The molecule has 2 aromatic carbocycles. The quantitative estimate of drug-likeness (QED) is 0.246. The summed E-state index contributed by atoms with van der Waals surface area (Å²) in [6.07, 6.45) is -0.464. The minimum atomic E-state index is -2.96. The zero-order valence-corrected chi connectivity index (χ0v) is 20.0. The average Bonchev–Trinajstić information content (AvgIpc) is 3.09. The molecule has 2 radical (unpaired) electrons. The number of nitrogens with zero attached hydrogens (tertiary/aromatic N) is 2. The van der Waals surface area contributed by atoms with Crippen molar-refractivity contribution in [3.05, 3.63) is 64.5 Å². The lowest BCUT2D eigenvalue weighted by Crippen LogP contribution is -2.68. The van der Waals surface area contributed by atoms with E-state index in [2.05, 4.69) is 10.2 Å². The third kappa shape index (κ3) is 4.39. The van der Waals surface area contributed by atoms with E-state index in [0.29, 0.717) is 48.9 Å². The Morgan fingerprint density at radius 3 is 2.51 bits per heavy atom. The lowest BCUT2D eigenvalue weighted by atomic mass is 9.69. The van der Waals surface area contributed by atoms with E-state index in [1.165, 1.54) is 18.2 Å². The predicted octanol–water partition coefficient (Wildman–Crippen LogP) is 0.122. The maximum atomic E-state index is 15.3. The summed E-state index contributed by atoms with van der Waals surface area (Å²) in [6.45, 7) is 3.06. The first-order chi connectivity index (χ1) is 17.6. The number of amides is 3. The number of halogens is 1. The van der Waals surface area contributed by atoms with Crippen LogP contribution in [0.1, 0.15) is 39.9 Å². The van der Waals surface area contributed by atoms with Gasteiger partial charge in [0.2, 0.25) is 11.8 Å². The van der Waals surface area contributed by atoms with Crippen LogP contribution in [0.2, 0.25) is 0 Å². The Hall–Kier alpha value is -3.32. The fraction of sp³-hybridized carbons (Fsp3) is 0.400. The SMILES string of the molecule is [B]C1(N2C(=O)c3cccc(NCc4cccc(CN5CCOCC5)c4F)c3C2(O)O)CCC(=O)NC1=O. The molecule has 37 heavy (non-hydrogen) atoms. The van der Waals surface area contributed by atoms with E-state index in [0.717, 1.165) is 0 Å². The van der Waals surface area contributed by atoms with Crippen LogP contribution in [-0.2, 0) is 33.3 Å². The number of benzene rings is 2. The summed E-state index contributed by atoms with van der Waals surface area (Å²) in [5.74, 6) is -5.80. The maximum absolute atomic E-state index is 15.3. The lowest BCUT2D eigenvalue weighted by Gasteiger charge is -2.45. The van der Waals surface area contributed by atoms with Crippen LogP contribution >= 0.6 is 0 Å². The van der Waals surface area contributed by atoms with Crippen molar-refractivity contribution in [3.63, 3.8) is 0 Å². The number of carbonyl (C=O) groups is 3. The highest BCUT2D eigenvalue weighted by atomic mass is 19.1. The Morgan fingerprint density at radius 1 is 1.08 bits per heavy atom. The minimum absolute atomic E-state index is 0.00767. The van der Waals surface area contributed by atoms with E-state index in [-0.39, 0.29) is 42.0 Å². The molecule has 0 aromatic heterocycles. The average molecular weight is 508 g/mol. The molecule has 0 saturated carbocycles. The fourth-order valence-corrected chi connectivity index (χ4v) is 5.08. The molecule has 3 amide bonds. The van der Waals surface area contributed by atoms with Gasteiger partial charge in [0.25, 0.3) is 11.8 Å². The molecule has 0 aliphatic carbocycles. The number of piperidine rings is 1. The molecular formula is C25H26BFN4O6. The van der Waals surface area contributed by atoms with Gasteiger partial charge in [-0.3, -0.25) is 29.5 Å².